The van der Waals surface area contributed by atoms with Crippen molar-refractivity contribution in [1.82, 2.24) is 10.2 Å². The maximum atomic E-state index is 12.2. The zero-order valence-electron chi connectivity index (χ0n) is 15.0. The van der Waals surface area contributed by atoms with E-state index in [1.807, 2.05) is 25.7 Å². The van der Waals surface area contributed by atoms with Gasteiger partial charge in [0.1, 0.15) is 5.60 Å². The van der Waals surface area contributed by atoms with Gasteiger partial charge in [-0.15, -0.1) is 0 Å². The Bertz CT molecular complexity index is 378. The minimum absolute atomic E-state index is 0.163. The first kappa shape index (κ1) is 17.6. The highest BCUT2D eigenvalue weighted by molar-refractivity contribution is 5.68. The molecule has 1 saturated heterocycles. The van der Waals surface area contributed by atoms with E-state index in [1.54, 1.807) is 0 Å². The number of nitrogens with zero attached hydrogens (tertiary/aromatic N) is 1. The Kier molecular flexibility index (Phi) is 5.76. The molecule has 0 spiro atoms. The Morgan fingerprint density at radius 2 is 1.91 bits per heavy atom. The number of hydrogen-bond donors (Lipinski definition) is 1. The molecule has 0 radical (unpaired) electrons. The fourth-order valence-electron chi connectivity index (χ4n) is 3.67. The third-order valence-corrected chi connectivity index (χ3v) is 4.98. The summed E-state index contributed by atoms with van der Waals surface area (Å²) in [6.45, 7) is 12.1. The fraction of sp³-hybridized carbons (Fsp3) is 0.944. The van der Waals surface area contributed by atoms with Crippen molar-refractivity contribution in [3.8, 4) is 0 Å². The molecule has 4 unspecified atom stereocenters. The number of carbonyl (C=O) groups is 1. The molecule has 0 bridgehead atoms. The number of nitrogens with one attached hydrogen (secondary N) is 1. The maximum absolute atomic E-state index is 12.2. The van der Waals surface area contributed by atoms with Crippen LogP contribution in [0.25, 0.3) is 0 Å². The zero-order valence-corrected chi connectivity index (χ0v) is 15.0. The van der Waals surface area contributed by atoms with Crippen molar-refractivity contribution in [3.63, 3.8) is 0 Å². The molecule has 1 amide bonds. The van der Waals surface area contributed by atoms with Gasteiger partial charge in [0.25, 0.3) is 0 Å². The van der Waals surface area contributed by atoms with Crippen molar-refractivity contribution in [2.24, 2.45) is 11.8 Å². The monoisotopic (exact) mass is 310 g/mol. The van der Waals surface area contributed by atoms with Crippen LogP contribution in [0.1, 0.15) is 66.7 Å². The first-order valence-corrected chi connectivity index (χ1v) is 8.98. The molecule has 4 heteroatoms. The minimum Gasteiger partial charge on any atom is -0.444 e. The summed E-state index contributed by atoms with van der Waals surface area (Å²) < 4.78 is 5.51. The molecule has 1 aliphatic carbocycles. The summed E-state index contributed by atoms with van der Waals surface area (Å²) >= 11 is 0. The molecule has 1 heterocycles. The summed E-state index contributed by atoms with van der Waals surface area (Å²) in [7, 11) is 0. The molecule has 2 aliphatic rings. The van der Waals surface area contributed by atoms with Crippen LogP contribution in [0.3, 0.4) is 0 Å². The number of ether oxygens (including phenoxy) is 1. The van der Waals surface area contributed by atoms with Gasteiger partial charge in [-0.25, -0.2) is 4.79 Å². The summed E-state index contributed by atoms with van der Waals surface area (Å²) in [5, 5.41) is 3.84. The van der Waals surface area contributed by atoms with Gasteiger partial charge in [0.2, 0.25) is 0 Å². The van der Waals surface area contributed by atoms with Crippen LogP contribution < -0.4 is 5.32 Å². The number of piperidine rings is 1. The van der Waals surface area contributed by atoms with E-state index in [1.165, 1.54) is 19.3 Å². The molecule has 0 aromatic heterocycles. The van der Waals surface area contributed by atoms with E-state index in [0.29, 0.717) is 12.1 Å². The summed E-state index contributed by atoms with van der Waals surface area (Å²) in [6.07, 6.45) is 6.01. The Hall–Kier alpha value is -0.770. The van der Waals surface area contributed by atoms with Crippen molar-refractivity contribution in [3.05, 3.63) is 0 Å². The van der Waals surface area contributed by atoms with Crippen LogP contribution in [0.5, 0.6) is 0 Å². The van der Waals surface area contributed by atoms with E-state index in [4.69, 9.17) is 4.74 Å². The van der Waals surface area contributed by atoms with Gasteiger partial charge in [-0.1, -0.05) is 20.3 Å². The number of hydrogen-bond acceptors (Lipinski definition) is 3. The average molecular weight is 310 g/mol. The molecule has 1 N–H and O–H groups in total. The van der Waals surface area contributed by atoms with Crippen LogP contribution in [0.4, 0.5) is 4.79 Å². The van der Waals surface area contributed by atoms with Crippen LogP contribution >= 0.6 is 0 Å². The highest BCUT2D eigenvalue weighted by atomic mass is 16.6. The number of amides is 1. The molecule has 0 aromatic carbocycles. The smallest absolute Gasteiger partial charge is 0.410 e. The van der Waals surface area contributed by atoms with Crippen LogP contribution in [-0.2, 0) is 4.74 Å². The van der Waals surface area contributed by atoms with Gasteiger partial charge in [-0.3, -0.25) is 0 Å². The standard InChI is InChI=1S/C18H34N2O2/c1-13-8-9-14(2)16(11-13)19-15-7-6-10-20(12-15)17(21)22-18(3,4)5/h13-16,19H,6-12H2,1-5H3. The first-order chi connectivity index (χ1) is 10.2. The van der Waals surface area contributed by atoms with Crippen LogP contribution in [0, 0.1) is 11.8 Å². The van der Waals surface area contributed by atoms with E-state index < -0.39 is 5.60 Å². The average Bonchev–Trinajstić information content (AvgIpc) is 2.41. The van der Waals surface area contributed by atoms with Crippen molar-refractivity contribution in [2.75, 3.05) is 13.1 Å². The van der Waals surface area contributed by atoms with Crippen molar-refractivity contribution in [1.29, 1.82) is 0 Å². The van der Waals surface area contributed by atoms with Crippen molar-refractivity contribution >= 4 is 6.09 Å². The molecule has 1 aliphatic heterocycles. The topological polar surface area (TPSA) is 41.6 Å². The molecule has 2 rings (SSSR count). The van der Waals surface area contributed by atoms with Gasteiger partial charge >= 0.3 is 6.09 Å². The predicted octanol–water partition coefficient (Wildman–Crippen LogP) is 3.80. The lowest BCUT2D eigenvalue weighted by molar-refractivity contribution is 0.0175. The summed E-state index contributed by atoms with van der Waals surface area (Å²) in [5.41, 5.74) is -0.412. The lowest BCUT2D eigenvalue weighted by Crippen LogP contribution is -2.53. The third kappa shape index (κ3) is 5.15. The minimum atomic E-state index is -0.412. The van der Waals surface area contributed by atoms with Crippen LogP contribution in [0.2, 0.25) is 0 Å². The first-order valence-electron chi connectivity index (χ1n) is 8.98. The van der Waals surface area contributed by atoms with Crippen LogP contribution in [-0.4, -0.2) is 41.8 Å². The summed E-state index contributed by atoms with van der Waals surface area (Å²) in [6, 6.07) is 1.02. The largest absolute Gasteiger partial charge is 0.444 e. The quantitative estimate of drug-likeness (QED) is 0.843. The number of likely N-dealkylation sites (tertiary alicyclic amines) is 1. The second kappa shape index (κ2) is 7.20. The molecule has 2 fully saturated rings. The van der Waals surface area contributed by atoms with Crippen LogP contribution in [0.15, 0.2) is 0 Å². The van der Waals surface area contributed by atoms with E-state index in [0.717, 1.165) is 37.8 Å². The maximum Gasteiger partial charge on any atom is 0.410 e. The molecule has 128 valence electrons. The molecular formula is C18H34N2O2. The lowest BCUT2D eigenvalue weighted by atomic mass is 9.79. The second-order valence-electron chi connectivity index (χ2n) is 8.43. The number of carbonyl (C=O) groups excluding carboxylic acids is 1. The van der Waals surface area contributed by atoms with E-state index in [9.17, 15) is 4.79 Å². The SMILES string of the molecule is CC1CCC(C)C(NC2CCCN(C(=O)OC(C)(C)C)C2)C1. The zero-order chi connectivity index (χ0) is 16.3. The second-order valence-corrected chi connectivity index (χ2v) is 8.43. The van der Waals surface area contributed by atoms with Crippen molar-refractivity contribution in [2.45, 2.75) is 84.4 Å². The predicted molar refractivity (Wildman–Crippen MR) is 89.9 cm³/mol. The number of rotatable bonds is 2. The highest BCUT2D eigenvalue weighted by Crippen LogP contribution is 2.29. The molecule has 4 nitrogen and oxygen atoms in total. The van der Waals surface area contributed by atoms with Gasteiger partial charge in [-0.2, -0.15) is 0 Å². The molecule has 1 saturated carbocycles. The molecule has 22 heavy (non-hydrogen) atoms. The third-order valence-electron chi connectivity index (χ3n) is 4.98. The summed E-state index contributed by atoms with van der Waals surface area (Å²) in [4.78, 5) is 14.1. The van der Waals surface area contributed by atoms with Gasteiger partial charge in [0.05, 0.1) is 0 Å². The Morgan fingerprint density at radius 1 is 1.18 bits per heavy atom. The van der Waals surface area contributed by atoms with Gasteiger partial charge in [0, 0.05) is 25.2 Å². The molecular weight excluding hydrogens is 276 g/mol. The van der Waals surface area contributed by atoms with E-state index >= 15 is 0 Å². The van der Waals surface area contributed by atoms with E-state index in [-0.39, 0.29) is 6.09 Å². The lowest BCUT2D eigenvalue weighted by Gasteiger charge is -2.40. The van der Waals surface area contributed by atoms with Gasteiger partial charge in [-0.05, 0) is 58.3 Å². The Labute approximate surface area is 136 Å². The Balaban J connectivity index is 1.86. The molecule has 0 aromatic rings. The fourth-order valence-corrected chi connectivity index (χ4v) is 3.67. The molecule has 4 atom stereocenters. The normalized spacial score (nSPS) is 33.6. The Morgan fingerprint density at radius 3 is 2.59 bits per heavy atom. The van der Waals surface area contributed by atoms with Gasteiger partial charge < -0.3 is 15.0 Å². The van der Waals surface area contributed by atoms with E-state index in [2.05, 4.69) is 19.2 Å². The highest BCUT2D eigenvalue weighted by Gasteiger charge is 2.31. The summed E-state index contributed by atoms with van der Waals surface area (Å²) in [5.74, 6) is 1.56. The van der Waals surface area contributed by atoms with Gasteiger partial charge in [0.15, 0.2) is 0 Å². The van der Waals surface area contributed by atoms with Crippen molar-refractivity contribution < 1.29 is 9.53 Å².